The molecule has 0 heterocycles. The zero-order chi connectivity index (χ0) is 10.7. The molecule has 0 aromatic rings. The third-order valence-corrected chi connectivity index (χ3v) is 3.37. The largest absolute Gasteiger partial charge is 0.343 e. The first kappa shape index (κ1) is 11.5. The van der Waals surface area contributed by atoms with Gasteiger partial charge in [0.05, 0.1) is 0 Å². The molecule has 1 aliphatic rings. The van der Waals surface area contributed by atoms with E-state index < -0.39 is 0 Å². The van der Waals surface area contributed by atoms with Crippen LogP contribution in [0.25, 0.3) is 0 Å². The van der Waals surface area contributed by atoms with Crippen LogP contribution in [-0.2, 0) is 4.79 Å². The third kappa shape index (κ3) is 2.73. The van der Waals surface area contributed by atoms with Crippen LogP contribution in [0.2, 0.25) is 0 Å². The summed E-state index contributed by atoms with van der Waals surface area (Å²) in [7, 11) is 1.96. The highest BCUT2D eigenvalue weighted by Gasteiger charge is 2.25. The minimum absolute atomic E-state index is 0.138. The summed E-state index contributed by atoms with van der Waals surface area (Å²) in [4.78, 5) is 13.7. The summed E-state index contributed by atoms with van der Waals surface area (Å²) in [5, 5.41) is 0. The quantitative estimate of drug-likeness (QED) is 0.666. The molecule has 0 radical (unpaired) electrons. The average molecular weight is 197 g/mol. The van der Waals surface area contributed by atoms with Gasteiger partial charge in [-0.15, -0.1) is 0 Å². The SMILES string of the molecule is CC1CCC(N(C)C(=O)C(C)C)CC1. The van der Waals surface area contributed by atoms with Gasteiger partial charge < -0.3 is 4.90 Å². The van der Waals surface area contributed by atoms with Crippen LogP contribution in [0.15, 0.2) is 0 Å². The minimum Gasteiger partial charge on any atom is -0.343 e. The number of carbonyl (C=O) groups is 1. The highest BCUT2D eigenvalue weighted by Crippen LogP contribution is 2.26. The summed E-state index contributed by atoms with van der Waals surface area (Å²) >= 11 is 0. The smallest absolute Gasteiger partial charge is 0.225 e. The van der Waals surface area contributed by atoms with Crippen LogP contribution in [0, 0.1) is 11.8 Å². The van der Waals surface area contributed by atoms with Crippen molar-refractivity contribution in [3.8, 4) is 0 Å². The number of carbonyl (C=O) groups excluding carboxylic acids is 1. The molecule has 2 nitrogen and oxygen atoms in total. The average Bonchev–Trinajstić information content (AvgIpc) is 2.16. The van der Waals surface area contributed by atoms with Crippen LogP contribution >= 0.6 is 0 Å². The van der Waals surface area contributed by atoms with E-state index in [9.17, 15) is 4.79 Å². The lowest BCUT2D eigenvalue weighted by molar-refractivity contribution is -0.136. The Morgan fingerprint density at radius 2 is 1.71 bits per heavy atom. The lowest BCUT2D eigenvalue weighted by Crippen LogP contribution is -2.41. The lowest BCUT2D eigenvalue weighted by atomic mass is 9.86. The van der Waals surface area contributed by atoms with Crippen molar-refractivity contribution in [2.45, 2.75) is 52.5 Å². The first-order valence-corrected chi connectivity index (χ1v) is 5.79. The van der Waals surface area contributed by atoms with E-state index in [4.69, 9.17) is 0 Å². The molecule has 0 bridgehead atoms. The number of hydrogen-bond acceptors (Lipinski definition) is 1. The van der Waals surface area contributed by atoms with Gasteiger partial charge in [0.1, 0.15) is 0 Å². The van der Waals surface area contributed by atoms with E-state index in [1.165, 1.54) is 25.7 Å². The van der Waals surface area contributed by atoms with E-state index in [1.807, 2.05) is 25.8 Å². The molecule has 82 valence electrons. The minimum atomic E-state index is 0.138. The standard InChI is InChI=1S/C12H23NO/c1-9(2)12(14)13(4)11-7-5-10(3)6-8-11/h9-11H,5-8H2,1-4H3. The second kappa shape index (κ2) is 4.81. The Balaban J connectivity index is 2.45. The molecule has 0 unspecified atom stereocenters. The van der Waals surface area contributed by atoms with E-state index in [2.05, 4.69) is 6.92 Å². The molecule has 0 saturated heterocycles. The molecule has 1 amide bonds. The van der Waals surface area contributed by atoms with Gasteiger partial charge in [-0.2, -0.15) is 0 Å². The molecule has 1 rings (SSSR count). The van der Waals surface area contributed by atoms with Crippen molar-refractivity contribution in [1.82, 2.24) is 4.90 Å². The maximum atomic E-state index is 11.7. The second-order valence-electron chi connectivity index (χ2n) is 5.02. The fourth-order valence-corrected chi connectivity index (χ4v) is 2.22. The van der Waals surface area contributed by atoms with Crippen molar-refractivity contribution in [2.75, 3.05) is 7.05 Å². The lowest BCUT2D eigenvalue weighted by Gasteiger charge is -2.34. The van der Waals surface area contributed by atoms with Gasteiger partial charge in [0, 0.05) is 19.0 Å². The summed E-state index contributed by atoms with van der Waals surface area (Å²) in [6.07, 6.45) is 4.94. The van der Waals surface area contributed by atoms with Crippen LogP contribution in [0.3, 0.4) is 0 Å². The molecule has 1 saturated carbocycles. The van der Waals surface area contributed by atoms with Crippen molar-refractivity contribution in [1.29, 1.82) is 0 Å². The summed E-state index contributed by atoms with van der Waals surface area (Å²) in [5.41, 5.74) is 0. The van der Waals surface area contributed by atoms with E-state index in [1.54, 1.807) is 0 Å². The van der Waals surface area contributed by atoms with Gasteiger partial charge in [-0.05, 0) is 31.6 Å². The molecule has 14 heavy (non-hydrogen) atoms. The predicted octanol–water partition coefficient (Wildman–Crippen LogP) is 2.68. The van der Waals surface area contributed by atoms with Crippen molar-refractivity contribution in [3.05, 3.63) is 0 Å². The van der Waals surface area contributed by atoms with Crippen molar-refractivity contribution in [3.63, 3.8) is 0 Å². The fraction of sp³-hybridized carbons (Fsp3) is 0.917. The van der Waals surface area contributed by atoms with Crippen molar-refractivity contribution < 1.29 is 4.79 Å². The van der Waals surface area contributed by atoms with Gasteiger partial charge in [0.15, 0.2) is 0 Å². The second-order valence-corrected chi connectivity index (χ2v) is 5.02. The van der Waals surface area contributed by atoms with Crippen molar-refractivity contribution >= 4 is 5.91 Å². The normalized spacial score (nSPS) is 27.8. The Kier molecular flexibility index (Phi) is 3.97. The molecule has 2 heteroatoms. The van der Waals surface area contributed by atoms with Gasteiger partial charge in [-0.25, -0.2) is 0 Å². The summed E-state index contributed by atoms with van der Waals surface area (Å²) in [6.45, 7) is 6.26. The summed E-state index contributed by atoms with van der Waals surface area (Å²) in [5.74, 6) is 1.29. The number of nitrogens with zero attached hydrogens (tertiary/aromatic N) is 1. The van der Waals surface area contributed by atoms with E-state index >= 15 is 0 Å². The predicted molar refractivity (Wildman–Crippen MR) is 59.0 cm³/mol. The molecular formula is C12H23NO. The Morgan fingerprint density at radius 3 is 2.14 bits per heavy atom. The topological polar surface area (TPSA) is 20.3 Å². The molecule has 0 aromatic carbocycles. The monoisotopic (exact) mass is 197 g/mol. The maximum absolute atomic E-state index is 11.7. The molecule has 0 spiro atoms. The Hall–Kier alpha value is -0.530. The van der Waals surface area contributed by atoms with E-state index in [0.717, 1.165) is 5.92 Å². The molecule has 1 aliphatic carbocycles. The molecule has 0 aromatic heterocycles. The van der Waals surface area contributed by atoms with Crippen LogP contribution in [-0.4, -0.2) is 23.9 Å². The van der Waals surface area contributed by atoms with Gasteiger partial charge in [0.2, 0.25) is 5.91 Å². The number of rotatable bonds is 2. The van der Waals surface area contributed by atoms with Crippen LogP contribution in [0.4, 0.5) is 0 Å². The van der Waals surface area contributed by atoms with Gasteiger partial charge in [0.25, 0.3) is 0 Å². The van der Waals surface area contributed by atoms with Crippen molar-refractivity contribution in [2.24, 2.45) is 11.8 Å². The Labute approximate surface area is 87.7 Å². The van der Waals surface area contributed by atoms with Gasteiger partial charge in [-0.1, -0.05) is 20.8 Å². The van der Waals surface area contributed by atoms with E-state index in [-0.39, 0.29) is 5.92 Å². The number of hydrogen-bond donors (Lipinski definition) is 0. The van der Waals surface area contributed by atoms with E-state index in [0.29, 0.717) is 11.9 Å². The Morgan fingerprint density at radius 1 is 1.21 bits per heavy atom. The summed E-state index contributed by atoms with van der Waals surface area (Å²) < 4.78 is 0. The Bertz CT molecular complexity index is 192. The summed E-state index contributed by atoms with van der Waals surface area (Å²) in [6, 6.07) is 0.501. The highest BCUT2D eigenvalue weighted by molar-refractivity contribution is 5.78. The van der Waals surface area contributed by atoms with Gasteiger partial charge >= 0.3 is 0 Å². The molecule has 0 aliphatic heterocycles. The molecule has 1 fully saturated rings. The zero-order valence-electron chi connectivity index (χ0n) is 9.92. The number of amides is 1. The maximum Gasteiger partial charge on any atom is 0.225 e. The van der Waals surface area contributed by atoms with Crippen LogP contribution in [0.5, 0.6) is 0 Å². The zero-order valence-corrected chi connectivity index (χ0v) is 9.92. The molecule has 0 N–H and O–H groups in total. The fourth-order valence-electron chi connectivity index (χ4n) is 2.22. The highest BCUT2D eigenvalue weighted by atomic mass is 16.2. The van der Waals surface area contributed by atoms with Gasteiger partial charge in [-0.3, -0.25) is 4.79 Å². The third-order valence-electron chi connectivity index (χ3n) is 3.37. The molecule has 0 atom stereocenters. The van der Waals surface area contributed by atoms with Crippen LogP contribution in [0.1, 0.15) is 46.5 Å². The first-order chi connectivity index (χ1) is 6.52. The van der Waals surface area contributed by atoms with Crippen LogP contribution < -0.4 is 0 Å². The molecular weight excluding hydrogens is 174 g/mol. The first-order valence-electron chi connectivity index (χ1n) is 5.79.